The second-order valence-electron chi connectivity index (χ2n) is 6.10. The van der Waals surface area contributed by atoms with Crippen LogP contribution in [0.15, 0.2) is 53.1 Å². The molecule has 0 spiro atoms. The molecule has 140 valence electrons. The van der Waals surface area contributed by atoms with Crippen LogP contribution in [0.25, 0.3) is 5.69 Å². The van der Waals surface area contributed by atoms with Crippen molar-refractivity contribution in [1.82, 2.24) is 15.1 Å². The number of nitrogens with zero attached hydrogens (tertiary/aromatic N) is 2. The molecule has 1 amide bonds. The third-order valence-electron chi connectivity index (χ3n) is 4.36. The summed E-state index contributed by atoms with van der Waals surface area (Å²) >= 11 is 3.45. The monoisotopic (exact) mass is 431 g/mol. The lowest BCUT2D eigenvalue weighted by Gasteiger charge is -2.15. The van der Waals surface area contributed by atoms with Gasteiger partial charge in [-0.05, 0) is 59.6 Å². The molecule has 0 aliphatic carbocycles. The number of hydrogen-bond acceptors (Lipinski definition) is 3. The Kier molecular flexibility index (Phi) is 5.60. The van der Waals surface area contributed by atoms with Crippen molar-refractivity contribution in [1.29, 1.82) is 0 Å². The van der Waals surface area contributed by atoms with Crippen molar-refractivity contribution in [2.24, 2.45) is 0 Å². The molecule has 1 N–H and O–H groups in total. The van der Waals surface area contributed by atoms with E-state index in [0.29, 0.717) is 16.9 Å². The molecule has 0 aliphatic rings. The Morgan fingerprint density at radius 2 is 2.04 bits per heavy atom. The summed E-state index contributed by atoms with van der Waals surface area (Å²) in [5.41, 5.74) is 2.20. The summed E-state index contributed by atoms with van der Waals surface area (Å²) < 4.78 is 21.5. The zero-order valence-corrected chi connectivity index (χ0v) is 16.7. The first kappa shape index (κ1) is 19.1. The molecule has 0 aliphatic heterocycles. The Balaban J connectivity index is 1.81. The molecule has 27 heavy (non-hydrogen) atoms. The van der Waals surface area contributed by atoms with E-state index in [9.17, 15) is 9.18 Å². The highest BCUT2D eigenvalue weighted by atomic mass is 79.9. The Hall–Kier alpha value is -2.67. The van der Waals surface area contributed by atoms with Crippen molar-refractivity contribution in [3.05, 3.63) is 75.8 Å². The van der Waals surface area contributed by atoms with Crippen LogP contribution in [0.1, 0.15) is 34.6 Å². The number of aromatic nitrogens is 2. The van der Waals surface area contributed by atoms with Crippen LogP contribution in [-0.4, -0.2) is 22.8 Å². The second-order valence-corrected chi connectivity index (χ2v) is 6.95. The second kappa shape index (κ2) is 7.92. The Labute approximate surface area is 165 Å². The zero-order chi connectivity index (χ0) is 19.6. The molecule has 2 aromatic carbocycles. The molecule has 3 rings (SSSR count). The van der Waals surface area contributed by atoms with Crippen molar-refractivity contribution >= 4 is 21.8 Å². The fraction of sp³-hybridized carbons (Fsp3) is 0.200. The fourth-order valence-electron chi connectivity index (χ4n) is 2.81. The van der Waals surface area contributed by atoms with Crippen molar-refractivity contribution in [2.45, 2.75) is 19.9 Å². The SMILES string of the molecule is COc1ccc(C(C)NC(=O)c2cnn(-c3ccccc3F)c2C)cc1Br. The van der Waals surface area contributed by atoms with E-state index in [4.69, 9.17) is 4.74 Å². The number of ether oxygens (including phenoxy) is 1. The number of halogens is 2. The van der Waals surface area contributed by atoms with Gasteiger partial charge in [-0.1, -0.05) is 18.2 Å². The number of para-hydroxylation sites is 1. The molecular formula is C20H19BrFN3O2. The van der Waals surface area contributed by atoms with Crippen LogP contribution in [0.4, 0.5) is 4.39 Å². The van der Waals surface area contributed by atoms with Crippen LogP contribution in [0.5, 0.6) is 5.75 Å². The van der Waals surface area contributed by atoms with Crippen molar-refractivity contribution in [3.8, 4) is 11.4 Å². The molecule has 0 bridgehead atoms. The first-order valence-electron chi connectivity index (χ1n) is 8.36. The van der Waals surface area contributed by atoms with Crippen LogP contribution >= 0.6 is 15.9 Å². The normalized spacial score (nSPS) is 11.9. The van der Waals surface area contributed by atoms with E-state index in [0.717, 1.165) is 15.8 Å². The minimum Gasteiger partial charge on any atom is -0.496 e. The maximum Gasteiger partial charge on any atom is 0.255 e. The number of amides is 1. The zero-order valence-electron chi connectivity index (χ0n) is 15.2. The average Bonchev–Trinajstić information content (AvgIpc) is 3.03. The molecule has 7 heteroatoms. The summed E-state index contributed by atoms with van der Waals surface area (Å²) in [4.78, 5) is 12.7. The minimum absolute atomic E-state index is 0.226. The molecule has 5 nitrogen and oxygen atoms in total. The molecule has 0 radical (unpaired) electrons. The van der Waals surface area contributed by atoms with E-state index in [2.05, 4.69) is 26.3 Å². The highest BCUT2D eigenvalue weighted by Gasteiger charge is 2.19. The van der Waals surface area contributed by atoms with E-state index >= 15 is 0 Å². The van der Waals surface area contributed by atoms with Gasteiger partial charge in [0.15, 0.2) is 0 Å². The summed E-state index contributed by atoms with van der Waals surface area (Å²) in [5.74, 6) is 0.0564. The van der Waals surface area contributed by atoms with E-state index in [-0.39, 0.29) is 11.9 Å². The molecule has 0 fully saturated rings. The van der Waals surface area contributed by atoms with E-state index < -0.39 is 5.82 Å². The first-order valence-corrected chi connectivity index (χ1v) is 9.15. The predicted octanol–water partition coefficient (Wildman–Crippen LogP) is 4.58. The summed E-state index contributed by atoms with van der Waals surface area (Å²) in [7, 11) is 1.60. The van der Waals surface area contributed by atoms with Gasteiger partial charge in [0.25, 0.3) is 5.91 Å². The summed E-state index contributed by atoms with van der Waals surface area (Å²) in [6.45, 7) is 3.63. The number of rotatable bonds is 5. The molecular weight excluding hydrogens is 413 g/mol. The van der Waals surface area contributed by atoms with E-state index in [1.54, 1.807) is 32.2 Å². The Morgan fingerprint density at radius 3 is 2.70 bits per heavy atom. The van der Waals surface area contributed by atoms with Gasteiger partial charge in [-0.2, -0.15) is 5.10 Å². The maximum absolute atomic E-state index is 14.0. The van der Waals surface area contributed by atoms with Gasteiger partial charge in [-0.25, -0.2) is 9.07 Å². The highest BCUT2D eigenvalue weighted by Crippen LogP contribution is 2.28. The quantitative estimate of drug-likeness (QED) is 0.642. The van der Waals surface area contributed by atoms with Gasteiger partial charge in [0.05, 0.1) is 35.1 Å². The predicted molar refractivity (Wildman–Crippen MR) is 105 cm³/mol. The fourth-order valence-corrected chi connectivity index (χ4v) is 3.37. The number of carbonyl (C=O) groups excluding carboxylic acids is 1. The minimum atomic E-state index is -0.396. The van der Waals surface area contributed by atoms with Gasteiger partial charge in [-0.15, -0.1) is 0 Å². The number of nitrogens with one attached hydrogen (secondary N) is 1. The van der Waals surface area contributed by atoms with Gasteiger partial charge >= 0.3 is 0 Å². The van der Waals surface area contributed by atoms with Crippen molar-refractivity contribution in [2.75, 3.05) is 7.11 Å². The number of carbonyl (C=O) groups is 1. The van der Waals surface area contributed by atoms with Crippen molar-refractivity contribution in [3.63, 3.8) is 0 Å². The number of hydrogen-bond donors (Lipinski definition) is 1. The van der Waals surface area contributed by atoms with Gasteiger partial charge in [0.2, 0.25) is 0 Å². The lowest BCUT2D eigenvalue weighted by molar-refractivity contribution is 0.0939. The Morgan fingerprint density at radius 1 is 1.30 bits per heavy atom. The van der Waals surface area contributed by atoms with Crippen LogP contribution in [0.2, 0.25) is 0 Å². The molecule has 0 saturated heterocycles. The molecule has 3 aromatic rings. The summed E-state index contributed by atoms with van der Waals surface area (Å²) in [5, 5.41) is 7.13. The first-order chi connectivity index (χ1) is 12.9. The van der Waals surface area contributed by atoms with Gasteiger partial charge in [-0.3, -0.25) is 4.79 Å². The third kappa shape index (κ3) is 3.88. The molecule has 1 aromatic heterocycles. The maximum atomic E-state index is 14.0. The van der Waals surface area contributed by atoms with Gasteiger partial charge in [0.1, 0.15) is 17.3 Å². The van der Waals surface area contributed by atoms with Crippen molar-refractivity contribution < 1.29 is 13.9 Å². The smallest absolute Gasteiger partial charge is 0.255 e. The number of benzene rings is 2. The molecule has 0 saturated carbocycles. The summed E-state index contributed by atoms with van der Waals surface area (Å²) in [6.07, 6.45) is 1.45. The standard InChI is InChI=1S/C20H19BrFN3O2/c1-12(14-8-9-19(27-3)16(21)10-14)24-20(26)15-11-23-25(13(15)2)18-7-5-4-6-17(18)22/h4-12H,1-3H3,(H,24,26). The lowest BCUT2D eigenvalue weighted by atomic mass is 10.1. The summed E-state index contributed by atoms with van der Waals surface area (Å²) in [6, 6.07) is 11.7. The third-order valence-corrected chi connectivity index (χ3v) is 4.98. The molecule has 1 unspecified atom stereocenters. The lowest BCUT2D eigenvalue weighted by Crippen LogP contribution is -2.27. The van der Waals surface area contributed by atoms with Gasteiger partial charge in [0, 0.05) is 0 Å². The largest absolute Gasteiger partial charge is 0.496 e. The molecule has 1 atom stereocenters. The number of methoxy groups -OCH3 is 1. The van der Waals surface area contributed by atoms with Crippen LogP contribution in [0.3, 0.4) is 0 Å². The van der Waals surface area contributed by atoms with E-state index in [1.807, 2.05) is 25.1 Å². The Bertz CT molecular complexity index is 987. The topological polar surface area (TPSA) is 56.1 Å². The van der Waals surface area contributed by atoms with Crippen LogP contribution in [-0.2, 0) is 0 Å². The average molecular weight is 432 g/mol. The van der Waals surface area contributed by atoms with Crippen LogP contribution < -0.4 is 10.1 Å². The molecule has 1 heterocycles. The highest BCUT2D eigenvalue weighted by molar-refractivity contribution is 9.10. The van der Waals surface area contributed by atoms with Gasteiger partial charge < -0.3 is 10.1 Å². The van der Waals surface area contributed by atoms with Crippen LogP contribution in [0, 0.1) is 12.7 Å². The van der Waals surface area contributed by atoms with E-state index in [1.165, 1.54) is 16.9 Å².